The number of aliphatic hydroxyl groups excluding tert-OH is 1. The number of hydrogen-bond acceptors (Lipinski definition) is 3. The second kappa shape index (κ2) is 12.1. The Hall–Kier alpha value is -1.90. The first-order chi connectivity index (χ1) is 14.0. The van der Waals surface area contributed by atoms with Crippen LogP contribution in [-0.4, -0.2) is 16.7 Å². The van der Waals surface area contributed by atoms with E-state index in [4.69, 9.17) is 0 Å². The summed E-state index contributed by atoms with van der Waals surface area (Å²) in [5.41, 5.74) is 4.07. The molecule has 1 rings (SSSR count). The molecule has 0 aromatic carbocycles. The molecule has 3 nitrogen and oxygen atoms in total. The summed E-state index contributed by atoms with van der Waals surface area (Å²) in [5.74, 6) is -0.867. The molecule has 0 saturated heterocycles. The average molecular weight is 415 g/mol. The Balaban J connectivity index is 3.16. The van der Waals surface area contributed by atoms with Gasteiger partial charge in [0.05, 0.1) is 0 Å². The minimum Gasteiger partial charge on any atom is -0.507 e. The van der Waals surface area contributed by atoms with Crippen LogP contribution in [0.5, 0.6) is 0 Å². The largest absolute Gasteiger partial charge is 0.507 e. The zero-order valence-corrected chi connectivity index (χ0v) is 20.3. The molecule has 0 bridgehead atoms. The van der Waals surface area contributed by atoms with Crippen molar-refractivity contribution in [3.63, 3.8) is 0 Å². The Kier molecular flexibility index (Phi) is 10.5. The molecule has 0 amide bonds. The summed E-state index contributed by atoms with van der Waals surface area (Å²) in [6.45, 7) is 14.8. The number of allylic oxidation sites excluding steroid dienone is 7. The predicted octanol–water partition coefficient (Wildman–Crippen LogP) is 7.74. The highest BCUT2D eigenvalue weighted by Crippen LogP contribution is 2.35. The van der Waals surface area contributed by atoms with E-state index in [1.54, 1.807) is 0 Å². The van der Waals surface area contributed by atoms with E-state index < -0.39 is 11.6 Å². The summed E-state index contributed by atoms with van der Waals surface area (Å²) in [4.78, 5) is 25.7. The smallest absolute Gasteiger partial charge is 0.233 e. The van der Waals surface area contributed by atoms with E-state index in [1.165, 1.54) is 11.1 Å². The van der Waals surface area contributed by atoms with Crippen LogP contribution in [0.15, 0.2) is 45.8 Å². The SMILES string of the molecule is CCCCCC1=C(CCC(C)(C)C)C(O)=C(C/C=C(\C)CCC=C(C)C)C(=O)C1=O. The molecule has 1 N–H and O–H groups in total. The summed E-state index contributed by atoms with van der Waals surface area (Å²) in [6, 6.07) is 0. The van der Waals surface area contributed by atoms with E-state index >= 15 is 0 Å². The van der Waals surface area contributed by atoms with Crippen molar-refractivity contribution in [1.82, 2.24) is 0 Å². The topological polar surface area (TPSA) is 54.4 Å². The molecule has 3 heteroatoms. The van der Waals surface area contributed by atoms with Gasteiger partial charge in [-0.3, -0.25) is 9.59 Å². The van der Waals surface area contributed by atoms with E-state index in [0.29, 0.717) is 30.4 Å². The van der Waals surface area contributed by atoms with Gasteiger partial charge >= 0.3 is 0 Å². The van der Waals surface area contributed by atoms with Crippen molar-refractivity contribution in [3.8, 4) is 0 Å². The van der Waals surface area contributed by atoms with E-state index in [9.17, 15) is 14.7 Å². The van der Waals surface area contributed by atoms with Gasteiger partial charge < -0.3 is 5.11 Å². The molecule has 1 aliphatic rings. The summed E-state index contributed by atoms with van der Waals surface area (Å²) in [6.07, 6.45) is 11.4. The lowest BCUT2D eigenvalue weighted by Gasteiger charge is -2.24. The zero-order chi connectivity index (χ0) is 22.9. The fourth-order valence-electron chi connectivity index (χ4n) is 3.59. The van der Waals surface area contributed by atoms with E-state index in [2.05, 4.69) is 47.6 Å². The molecule has 0 atom stereocenters. The monoisotopic (exact) mass is 414 g/mol. The van der Waals surface area contributed by atoms with Gasteiger partial charge in [-0.15, -0.1) is 0 Å². The maximum atomic E-state index is 12.9. The van der Waals surface area contributed by atoms with Crippen LogP contribution in [0.25, 0.3) is 0 Å². The van der Waals surface area contributed by atoms with Gasteiger partial charge in [0, 0.05) is 16.7 Å². The van der Waals surface area contributed by atoms with Gasteiger partial charge in [0.1, 0.15) is 5.76 Å². The zero-order valence-electron chi connectivity index (χ0n) is 20.3. The molecular formula is C27H42O3. The number of unbranched alkanes of at least 4 members (excludes halogenated alkanes) is 2. The standard InChI is InChI=1S/C27H42O3/c1-8-9-10-14-21-22(17-18-27(5,6)7)24(28)23(26(30)25(21)29)16-15-20(4)13-11-12-19(2)3/h12,15,28H,8-11,13-14,16-18H2,1-7H3/b20-15+. The number of aliphatic hydroxyl groups is 1. The van der Waals surface area contributed by atoms with Crippen LogP contribution < -0.4 is 0 Å². The molecule has 1 aliphatic carbocycles. The van der Waals surface area contributed by atoms with Crippen LogP contribution in [-0.2, 0) is 9.59 Å². The van der Waals surface area contributed by atoms with Crippen molar-refractivity contribution in [1.29, 1.82) is 0 Å². The number of rotatable bonds is 11. The number of ketones is 2. The van der Waals surface area contributed by atoms with E-state index in [1.807, 2.05) is 13.0 Å². The van der Waals surface area contributed by atoms with Crippen LogP contribution in [0.1, 0.15) is 106 Å². The van der Waals surface area contributed by atoms with Gasteiger partial charge in [0.25, 0.3) is 0 Å². The molecule has 0 unspecified atom stereocenters. The van der Waals surface area contributed by atoms with Gasteiger partial charge in [-0.1, -0.05) is 63.8 Å². The molecule has 0 saturated carbocycles. The van der Waals surface area contributed by atoms with Crippen molar-refractivity contribution in [2.24, 2.45) is 5.41 Å². The lowest BCUT2D eigenvalue weighted by molar-refractivity contribution is -0.132. The fourth-order valence-corrected chi connectivity index (χ4v) is 3.59. The minimum absolute atomic E-state index is 0.0590. The molecule has 0 radical (unpaired) electrons. The van der Waals surface area contributed by atoms with Crippen LogP contribution in [0.4, 0.5) is 0 Å². The highest BCUT2D eigenvalue weighted by molar-refractivity contribution is 6.50. The van der Waals surface area contributed by atoms with Gasteiger partial charge in [0.2, 0.25) is 11.6 Å². The molecule has 0 aliphatic heterocycles. The lowest BCUT2D eigenvalue weighted by Crippen LogP contribution is -2.27. The summed E-state index contributed by atoms with van der Waals surface area (Å²) >= 11 is 0. The number of carbonyl (C=O) groups excluding carboxylic acids is 2. The summed E-state index contributed by atoms with van der Waals surface area (Å²) < 4.78 is 0. The van der Waals surface area contributed by atoms with Gasteiger partial charge in [-0.25, -0.2) is 0 Å². The Morgan fingerprint density at radius 3 is 2.10 bits per heavy atom. The third-order valence-corrected chi connectivity index (χ3v) is 5.59. The first-order valence-electron chi connectivity index (χ1n) is 11.5. The van der Waals surface area contributed by atoms with Crippen molar-refractivity contribution < 1.29 is 14.7 Å². The molecule has 0 aromatic rings. The van der Waals surface area contributed by atoms with Crippen LogP contribution >= 0.6 is 0 Å². The molecule has 0 spiro atoms. The van der Waals surface area contributed by atoms with Crippen molar-refractivity contribution in [2.75, 3.05) is 0 Å². The summed E-state index contributed by atoms with van der Waals surface area (Å²) in [7, 11) is 0. The van der Waals surface area contributed by atoms with Crippen LogP contribution in [0.3, 0.4) is 0 Å². The quantitative estimate of drug-likeness (QED) is 0.163. The lowest BCUT2D eigenvalue weighted by atomic mass is 9.80. The highest BCUT2D eigenvalue weighted by atomic mass is 16.3. The molecule has 30 heavy (non-hydrogen) atoms. The summed E-state index contributed by atoms with van der Waals surface area (Å²) in [5, 5.41) is 11.0. The second-order valence-corrected chi connectivity index (χ2v) is 10.0. The fraction of sp³-hybridized carbons (Fsp3) is 0.630. The van der Waals surface area contributed by atoms with Gasteiger partial charge in [-0.05, 0) is 71.1 Å². The Labute approximate surface area is 184 Å². The number of hydrogen-bond donors (Lipinski definition) is 1. The highest BCUT2D eigenvalue weighted by Gasteiger charge is 2.34. The Morgan fingerprint density at radius 1 is 0.900 bits per heavy atom. The van der Waals surface area contributed by atoms with Crippen LogP contribution in [0, 0.1) is 5.41 Å². The third kappa shape index (κ3) is 8.45. The molecular weight excluding hydrogens is 372 g/mol. The maximum absolute atomic E-state index is 12.9. The van der Waals surface area contributed by atoms with E-state index in [-0.39, 0.29) is 16.7 Å². The Bertz CT molecular complexity index is 747. The number of Topliss-reactive ketones (excluding diaryl/α,β-unsaturated/α-hetero) is 2. The van der Waals surface area contributed by atoms with Gasteiger partial charge in [0.15, 0.2) is 0 Å². The second-order valence-electron chi connectivity index (χ2n) is 10.0. The third-order valence-electron chi connectivity index (χ3n) is 5.59. The molecule has 0 fully saturated rings. The predicted molar refractivity (Wildman–Crippen MR) is 127 cm³/mol. The number of carbonyl (C=O) groups is 2. The van der Waals surface area contributed by atoms with Crippen molar-refractivity contribution >= 4 is 11.6 Å². The first kappa shape index (κ1) is 26.1. The molecule has 0 aromatic heterocycles. The molecule has 0 heterocycles. The molecule has 168 valence electrons. The van der Waals surface area contributed by atoms with Crippen LogP contribution in [0.2, 0.25) is 0 Å². The van der Waals surface area contributed by atoms with Gasteiger partial charge in [-0.2, -0.15) is 0 Å². The first-order valence-corrected chi connectivity index (χ1v) is 11.5. The normalized spacial score (nSPS) is 15.9. The van der Waals surface area contributed by atoms with E-state index in [0.717, 1.165) is 38.5 Å². The van der Waals surface area contributed by atoms with Crippen molar-refractivity contribution in [3.05, 3.63) is 45.8 Å². The minimum atomic E-state index is -0.521. The maximum Gasteiger partial charge on any atom is 0.233 e. The Morgan fingerprint density at radius 2 is 1.53 bits per heavy atom. The average Bonchev–Trinajstić information content (AvgIpc) is 2.64. The van der Waals surface area contributed by atoms with Crippen molar-refractivity contribution in [2.45, 2.75) is 106 Å².